The highest BCUT2D eigenvalue weighted by atomic mass is 16.5. The molecule has 0 spiro atoms. The van der Waals surface area contributed by atoms with E-state index in [1.807, 2.05) is 19.1 Å². The molecule has 1 fully saturated rings. The fourth-order valence-corrected chi connectivity index (χ4v) is 2.53. The SMILES string of the molecule is COC(=O)C1(O)CCCN(c2ncccc2C)CC1. The standard InChI is InChI=1S/C14H20N2O3/c1-11-5-3-8-15-12(11)16-9-4-6-14(18,7-10-16)13(17)19-2/h3,5,8,18H,4,6-7,9-10H2,1-2H3. The molecule has 2 heterocycles. The molecule has 2 rings (SSSR count). The molecule has 1 aromatic rings. The van der Waals surface area contributed by atoms with Gasteiger partial charge in [-0.15, -0.1) is 0 Å². The quantitative estimate of drug-likeness (QED) is 0.815. The summed E-state index contributed by atoms with van der Waals surface area (Å²) in [5.41, 5.74) is -0.252. The molecule has 5 nitrogen and oxygen atoms in total. The summed E-state index contributed by atoms with van der Waals surface area (Å²) in [5.74, 6) is 0.392. The van der Waals surface area contributed by atoms with E-state index < -0.39 is 11.6 Å². The molecule has 1 aliphatic rings. The first kappa shape index (κ1) is 13.8. The lowest BCUT2D eigenvalue weighted by molar-refractivity contribution is -0.163. The largest absolute Gasteiger partial charge is 0.467 e. The van der Waals surface area contributed by atoms with Crippen molar-refractivity contribution in [3.63, 3.8) is 0 Å². The van der Waals surface area contributed by atoms with Crippen LogP contribution in [-0.4, -0.2) is 41.9 Å². The van der Waals surface area contributed by atoms with Gasteiger partial charge in [0.25, 0.3) is 0 Å². The number of aliphatic hydroxyl groups is 1. The average molecular weight is 264 g/mol. The predicted molar refractivity (Wildman–Crippen MR) is 72.0 cm³/mol. The van der Waals surface area contributed by atoms with E-state index in [4.69, 9.17) is 0 Å². The van der Waals surface area contributed by atoms with E-state index in [-0.39, 0.29) is 0 Å². The normalized spacial score (nSPS) is 23.8. The molecule has 1 saturated heterocycles. The van der Waals surface area contributed by atoms with Gasteiger partial charge >= 0.3 is 5.97 Å². The minimum absolute atomic E-state index is 0.371. The monoisotopic (exact) mass is 264 g/mol. The molecule has 1 N–H and O–H groups in total. The van der Waals surface area contributed by atoms with Crippen molar-refractivity contribution in [1.82, 2.24) is 4.98 Å². The van der Waals surface area contributed by atoms with Crippen LogP contribution < -0.4 is 4.90 Å². The minimum atomic E-state index is -1.35. The van der Waals surface area contributed by atoms with Gasteiger partial charge in [-0.05, 0) is 31.4 Å². The molecule has 0 saturated carbocycles. The van der Waals surface area contributed by atoms with E-state index in [0.717, 1.165) is 24.3 Å². The number of methoxy groups -OCH3 is 1. The topological polar surface area (TPSA) is 62.7 Å². The maximum atomic E-state index is 11.6. The highest BCUT2D eigenvalue weighted by Gasteiger charge is 2.38. The van der Waals surface area contributed by atoms with E-state index in [2.05, 4.69) is 14.6 Å². The van der Waals surface area contributed by atoms with Crippen LogP contribution in [0.5, 0.6) is 0 Å². The van der Waals surface area contributed by atoms with Crippen LogP contribution in [0, 0.1) is 6.92 Å². The smallest absolute Gasteiger partial charge is 0.337 e. The Morgan fingerprint density at radius 2 is 2.26 bits per heavy atom. The average Bonchev–Trinajstić information content (AvgIpc) is 2.61. The Morgan fingerprint density at radius 3 is 2.95 bits per heavy atom. The zero-order valence-electron chi connectivity index (χ0n) is 11.4. The van der Waals surface area contributed by atoms with Gasteiger partial charge in [0, 0.05) is 25.7 Å². The van der Waals surface area contributed by atoms with Crippen molar-refractivity contribution in [1.29, 1.82) is 0 Å². The molecule has 0 bridgehead atoms. The molecular formula is C14H20N2O3. The Hall–Kier alpha value is -1.62. The lowest BCUT2D eigenvalue weighted by Gasteiger charge is -2.25. The van der Waals surface area contributed by atoms with Gasteiger partial charge in [0.15, 0.2) is 5.60 Å². The maximum Gasteiger partial charge on any atom is 0.337 e. The van der Waals surface area contributed by atoms with Crippen LogP contribution in [0.2, 0.25) is 0 Å². The van der Waals surface area contributed by atoms with E-state index in [0.29, 0.717) is 19.4 Å². The third-order valence-corrected chi connectivity index (χ3v) is 3.66. The van der Waals surface area contributed by atoms with Crippen molar-refractivity contribution in [2.45, 2.75) is 31.8 Å². The molecular weight excluding hydrogens is 244 g/mol. The fourth-order valence-electron chi connectivity index (χ4n) is 2.53. The van der Waals surface area contributed by atoms with Crippen molar-refractivity contribution < 1.29 is 14.6 Å². The first-order valence-corrected chi connectivity index (χ1v) is 6.54. The van der Waals surface area contributed by atoms with Gasteiger partial charge in [-0.3, -0.25) is 0 Å². The van der Waals surface area contributed by atoms with Gasteiger partial charge in [0.2, 0.25) is 0 Å². The summed E-state index contributed by atoms with van der Waals surface area (Å²) >= 11 is 0. The molecule has 1 aliphatic heterocycles. The van der Waals surface area contributed by atoms with Crippen LogP contribution in [0.25, 0.3) is 0 Å². The second-order valence-electron chi connectivity index (χ2n) is 5.01. The van der Waals surface area contributed by atoms with Crippen molar-refractivity contribution in [3.8, 4) is 0 Å². The molecule has 0 aromatic carbocycles. The number of aromatic nitrogens is 1. The predicted octanol–water partition coefficient (Wildman–Crippen LogP) is 1.28. The zero-order valence-corrected chi connectivity index (χ0v) is 11.4. The number of ether oxygens (including phenoxy) is 1. The Bertz CT molecular complexity index is 464. The van der Waals surface area contributed by atoms with Crippen LogP contribution in [0.15, 0.2) is 18.3 Å². The number of rotatable bonds is 2. The van der Waals surface area contributed by atoms with Gasteiger partial charge in [0.05, 0.1) is 7.11 Å². The van der Waals surface area contributed by atoms with Gasteiger partial charge in [-0.2, -0.15) is 0 Å². The summed E-state index contributed by atoms with van der Waals surface area (Å²) in [7, 11) is 1.31. The molecule has 0 radical (unpaired) electrons. The number of nitrogens with zero attached hydrogens (tertiary/aromatic N) is 2. The molecule has 5 heteroatoms. The minimum Gasteiger partial charge on any atom is -0.467 e. The Morgan fingerprint density at radius 1 is 1.47 bits per heavy atom. The Kier molecular flexibility index (Phi) is 4.04. The fraction of sp³-hybridized carbons (Fsp3) is 0.571. The van der Waals surface area contributed by atoms with Gasteiger partial charge in [-0.25, -0.2) is 9.78 Å². The summed E-state index contributed by atoms with van der Waals surface area (Å²) in [6.45, 7) is 3.40. The Labute approximate surface area is 113 Å². The Balaban J connectivity index is 2.13. The number of carbonyl (C=O) groups is 1. The lowest BCUT2D eigenvalue weighted by atomic mass is 9.95. The van der Waals surface area contributed by atoms with Crippen LogP contribution in [-0.2, 0) is 9.53 Å². The van der Waals surface area contributed by atoms with E-state index in [1.165, 1.54) is 7.11 Å². The van der Waals surface area contributed by atoms with Crippen LogP contribution in [0.3, 0.4) is 0 Å². The highest BCUT2D eigenvalue weighted by Crippen LogP contribution is 2.27. The third kappa shape index (κ3) is 2.87. The van der Waals surface area contributed by atoms with Crippen molar-refractivity contribution in [2.75, 3.05) is 25.1 Å². The van der Waals surface area contributed by atoms with Gasteiger partial charge in [0.1, 0.15) is 5.82 Å². The zero-order chi connectivity index (χ0) is 13.9. The molecule has 104 valence electrons. The number of anilines is 1. The van der Waals surface area contributed by atoms with Crippen LogP contribution >= 0.6 is 0 Å². The highest BCUT2D eigenvalue weighted by molar-refractivity contribution is 5.79. The summed E-state index contributed by atoms with van der Waals surface area (Å²) < 4.78 is 4.69. The molecule has 0 aliphatic carbocycles. The number of hydrogen-bond donors (Lipinski definition) is 1. The second kappa shape index (κ2) is 5.57. The summed E-state index contributed by atoms with van der Waals surface area (Å²) in [6, 6.07) is 3.92. The van der Waals surface area contributed by atoms with E-state index in [1.54, 1.807) is 6.20 Å². The first-order chi connectivity index (χ1) is 9.07. The van der Waals surface area contributed by atoms with Crippen molar-refractivity contribution in [3.05, 3.63) is 23.9 Å². The van der Waals surface area contributed by atoms with Gasteiger partial charge < -0.3 is 14.7 Å². The molecule has 1 unspecified atom stereocenters. The number of esters is 1. The van der Waals surface area contributed by atoms with E-state index in [9.17, 15) is 9.90 Å². The van der Waals surface area contributed by atoms with Crippen LogP contribution in [0.4, 0.5) is 5.82 Å². The number of carbonyl (C=O) groups excluding carboxylic acids is 1. The molecule has 19 heavy (non-hydrogen) atoms. The van der Waals surface area contributed by atoms with E-state index >= 15 is 0 Å². The van der Waals surface area contributed by atoms with Gasteiger partial charge in [-0.1, -0.05) is 6.07 Å². The van der Waals surface area contributed by atoms with Crippen molar-refractivity contribution in [2.24, 2.45) is 0 Å². The summed E-state index contributed by atoms with van der Waals surface area (Å²) in [4.78, 5) is 18.2. The summed E-state index contributed by atoms with van der Waals surface area (Å²) in [5, 5.41) is 10.3. The first-order valence-electron chi connectivity index (χ1n) is 6.54. The molecule has 1 aromatic heterocycles. The van der Waals surface area contributed by atoms with Crippen LogP contribution in [0.1, 0.15) is 24.8 Å². The maximum absolute atomic E-state index is 11.6. The number of aryl methyl sites for hydroxylation is 1. The molecule has 1 atom stereocenters. The second-order valence-corrected chi connectivity index (χ2v) is 5.01. The lowest BCUT2D eigenvalue weighted by Crippen LogP contribution is -2.40. The third-order valence-electron chi connectivity index (χ3n) is 3.66. The molecule has 0 amide bonds. The van der Waals surface area contributed by atoms with Crippen molar-refractivity contribution >= 4 is 11.8 Å². The summed E-state index contributed by atoms with van der Waals surface area (Å²) in [6.07, 6.45) is 3.30. The number of pyridine rings is 1. The number of hydrogen-bond acceptors (Lipinski definition) is 5.